The van der Waals surface area contributed by atoms with Crippen molar-refractivity contribution in [2.24, 2.45) is 0 Å². The molecule has 0 saturated carbocycles. The van der Waals surface area contributed by atoms with Gasteiger partial charge in [0.25, 0.3) is 11.8 Å². The summed E-state index contributed by atoms with van der Waals surface area (Å²) >= 11 is 0. The first-order valence-corrected chi connectivity index (χ1v) is 18.6. The number of anilines is 1. The molecule has 0 fully saturated rings. The van der Waals surface area contributed by atoms with Crippen LogP contribution < -0.4 is 4.90 Å². The second-order valence-electron chi connectivity index (χ2n) is 14.0. The van der Waals surface area contributed by atoms with Crippen molar-refractivity contribution in [3.8, 4) is 62.3 Å². The van der Waals surface area contributed by atoms with E-state index in [-0.39, 0.29) is 11.1 Å². The zero-order valence-corrected chi connectivity index (χ0v) is 30.7. The van der Waals surface area contributed by atoms with Gasteiger partial charge in [-0.15, -0.1) is 0 Å². The van der Waals surface area contributed by atoms with Gasteiger partial charge in [0.05, 0.1) is 44.7 Å². The number of aromatic nitrogens is 3. The SMILES string of the molecule is N#Cc1cncc(-c2cccc3c4cccc(-c5cncc(C#N)c5)c4n(-c4cccc5c4C(=O)N(c4c(-c6ccccc6)cccc4-c4ccccc4)C5=O)c23)c1. The number of hydrogen-bond acceptors (Lipinski definition) is 6. The van der Waals surface area contributed by atoms with E-state index in [1.165, 1.54) is 17.3 Å². The van der Waals surface area contributed by atoms with Crippen LogP contribution in [0.4, 0.5) is 5.69 Å². The Morgan fingerprint density at radius 1 is 0.448 bits per heavy atom. The van der Waals surface area contributed by atoms with E-state index < -0.39 is 11.8 Å². The third kappa shape index (κ3) is 5.29. The number of nitriles is 2. The Labute approximate surface area is 332 Å². The number of pyridine rings is 2. The Kier molecular flexibility index (Phi) is 8.04. The van der Waals surface area contributed by atoms with Gasteiger partial charge in [0.15, 0.2) is 0 Å². The second kappa shape index (κ2) is 13.7. The molecule has 8 nitrogen and oxygen atoms in total. The van der Waals surface area contributed by atoms with Crippen molar-refractivity contribution in [3.63, 3.8) is 0 Å². The minimum atomic E-state index is -0.456. The highest BCUT2D eigenvalue weighted by atomic mass is 16.2. The van der Waals surface area contributed by atoms with Crippen LogP contribution in [0.15, 0.2) is 170 Å². The number of nitrogens with zero attached hydrogens (tertiary/aromatic N) is 6. The van der Waals surface area contributed by atoms with Crippen LogP contribution in [0.3, 0.4) is 0 Å². The predicted octanol–water partition coefficient (Wildman–Crippen LogP) is 10.8. The number of hydrogen-bond donors (Lipinski definition) is 0. The fourth-order valence-electron chi connectivity index (χ4n) is 8.26. The average Bonchev–Trinajstić information content (AvgIpc) is 3.77. The molecule has 10 rings (SSSR count). The van der Waals surface area contributed by atoms with E-state index in [1.807, 2.05) is 132 Å². The topological polar surface area (TPSA) is 116 Å². The van der Waals surface area contributed by atoms with Crippen molar-refractivity contribution < 1.29 is 9.59 Å². The van der Waals surface area contributed by atoms with E-state index in [2.05, 4.69) is 22.1 Å². The van der Waals surface area contributed by atoms with Crippen molar-refractivity contribution in [2.75, 3.05) is 4.90 Å². The molecule has 0 saturated heterocycles. The Balaban J connectivity index is 1.29. The molecule has 0 atom stereocenters. The lowest BCUT2D eigenvalue weighted by Crippen LogP contribution is -2.30. The molecule has 0 radical (unpaired) electrons. The molecular formula is C50H28N6O2. The van der Waals surface area contributed by atoms with E-state index in [0.29, 0.717) is 33.6 Å². The first-order chi connectivity index (χ1) is 28.6. The molecule has 1 aliphatic rings. The Hall–Kier alpha value is -8.46. The Morgan fingerprint density at radius 3 is 1.43 bits per heavy atom. The van der Waals surface area contributed by atoms with Gasteiger partial charge < -0.3 is 4.57 Å². The summed E-state index contributed by atoms with van der Waals surface area (Å²) in [5.41, 5.74) is 10.1. The van der Waals surface area contributed by atoms with Crippen LogP contribution in [0.2, 0.25) is 0 Å². The van der Waals surface area contributed by atoms with Crippen LogP contribution in [0.5, 0.6) is 0 Å². The largest absolute Gasteiger partial charge is 0.307 e. The van der Waals surface area contributed by atoms with Crippen LogP contribution in [-0.4, -0.2) is 26.3 Å². The van der Waals surface area contributed by atoms with Gasteiger partial charge >= 0.3 is 0 Å². The van der Waals surface area contributed by atoms with Crippen molar-refractivity contribution in [3.05, 3.63) is 193 Å². The van der Waals surface area contributed by atoms with Crippen molar-refractivity contribution in [1.82, 2.24) is 14.5 Å². The zero-order valence-electron chi connectivity index (χ0n) is 30.7. The Bertz CT molecular complexity index is 3080. The molecule has 0 unspecified atom stereocenters. The number of fused-ring (bicyclic) bond motifs is 4. The van der Waals surface area contributed by atoms with Crippen molar-refractivity contribution in [2.45, 2.75) is 0 Å². The minimum Gasteiger partial charge on any atom is -0.307 e. The van der Waals surface area contributed by atoms with Crippen LogP contribution in [0.1, 0.15) is 31.8 Å². The van der Waals surface area contributed by atoms with Crippen LogP contribution in [0, 0.1) is 22.7 Å². The van der Waals surface area contributed by atoms with Gasteiger partial charge in [-0.1, -0.05) is 121 Å². The van der Waals surface area contributed by atoms with Crippen molar-refractivity contribution >= 4 is 39.3 Å². The quantitative estimate of drug-likeness (QED) is 0.157. The highest BCUT2D eigenvalue weighted by Crippen LogP contribution is 2.47. The molecule has 4 heterocycles. The number of imide groups is 1. The monoisotopic (exact) mass is 744 g/mol. The first kappa shape index (κ1) is 34.1. The highest BCUT2D eigenvalue weighted by molar-refractivity contribution is 6.37. The summed E-state index contributed by atoms with van der Waals surface area (Å²) in [6.45, 7) is 0. The molecule has 3 aromatic heterocycles. The summed E-state index contributed by atoms with van der Waals surface area (Å²) in [5.74, 6) is -0.886. The highest BCUT2D eigenvalue weighted by Gasteiger charge is 2.41. The van der Waals surface area contributed by atoms with Crippen LogP contribution in [-0.2, 0) is 0 Å². The number of carbonyl (C=O) groups is 2. The molecule has 9 aromatic rings. The van der Waals surface area contributed by atoms with Gasteiger partial charge in [0, 0.05) is 68.9 Å². The van der Waals surface area contributed by atoms with E-state index in [0.717, 1.165) is 55.2 Å². The fourth-order valence-corrected chi connectivity index (χ4v) is 8.26. The van der Waals surface area contributed by atoms with Gasteiger partial charge in [-0.25, -0.2) is 4.90 Å². The molecule has 8 heteroatoms. The number of amides is 2. The Morgan fingerprint density at radius 2 is 0.914 bits per heavy atom. The van der Waals surface area contributed by atoms with E-state index in [4.69, 9.17) is 0 Å². The maximum absolute atomic E-state index is 15.4. The van der Waals surface area contributed by atoms with Gasteiger partial charge in [-0.05, 0) is 35.4 Å². The molecule has 6 aromatic carbocycles. The molecule has 0 spiro atoms. The van der Waals surface area contributed by atoms with E-state index in [9.17, 15) is 15.3 Å². The summed E-state index contributed by atoms with van der Waals surface area (Å²) in [4.78, 5) is 40.5. The summed E-state index contributed by atoms with van der Waals surface area (Å²) in [5, 5.41) is 21.4. The molecule has 0 N–H and O–H groups in total. The normalized spacial score (nSPS) is 12.1. The number of benzene rings is 6. The lowest BCUT2D eigenvalue weighted by molar-refractivity contribution is 0.0926. The third-order valence-corrected chi connectivity index (χ3v) is 10.7. The minimum absolute atomic E-state index is 0.255. The van der Waals surface area contributed by atoms with E-state index in [1.54, 1.807) is 30.6 Å². The maximum atomic E-state index is 15.4. The maximum Gasteiger partial charge on any atom is 0.268 e. The van der Waals surface area contributed by atoms with Gasteiger partial charge in [0.1, 0.15) is 12.1 Å². The third-order valence-electron chi connectivity index (χ3n) is 10.7. The lowest BCUT2D eigenvalue weighted by Gasteiger charge is -2.23. The number of para-hydroxylation sites is 3. The molecule has 270 valence electrons. The van der Waals surface area contributed by atoms with Crippen LogP contribution >= 0.6 is 0 Å². The second-order valence-corrected chi connectivity index (χ2v) is 14.0. The molecule has 0 aliphatic carbocycles. The molecular weight excluding hydrogens is 717 g/mol. The van der Waals surface area contributed by atoms with Gasteiger partial charge in [-0.3, -0.25) is 19.6 Å². The summed E-state index contributed by atoms with van der Waals surface area (Å²) in [6, 6.07) is 50.7. The number of rotatable bonds is 6. The van der Waals surface area contributed by atoms with Gasteiger partial charge in [0.2, 0.25) is 0 Å². The molecule has 2 amide bonds. The fraction of sp³-hybridized carbons (Fsp3) is 0. The van der Waals surface area contributed by atoms with Crippen LogP contribution in [0.25, 0.3) is 72.0 Å². The van der Waals surface area contributed by atoms with Crippen molar-refractivity contribution in [1.29, 1.82) is 10.5 Å². The number of carbonyl (C=O) groups excluding carboxylic acids is 2. The molecule has 0 bridgehead atoms. The molecule has 58 heavy (non-hydrogen) atoms. The first-order valence-electron chi connectivity index (χ1n) is 18.6. The summed E-state index contributed by atoms with van der Waals surface area (Å²) < 4.78 is 2.04. The smallest absolute Gasteiger partial charge is 0.268 e. The lowest BCUT2D eigenvalue weighted by atomic mass is 9.95. The standard InChI is InChI=1S/C50H28N6O2/c51-25-31-23-35(29-53-27-31)39-17-8-19-41-42-20-9-18-40(36-24-32(26-52)28-54-30-36)48(42)55(47(39)41)44-22-10-21-43-45(44)50(58)56(49(43)57)46-37(33-11-3-1-4-12-33)15-7-16-38(46)34-13-5-2-6-14-34/h1-24,27-30H. The van der Waals surface area contributed by atoms with E-state index >= 15 is 4.79 Å². The summed E-state index contributed by atoms with van der Waals surface area (Å²) in [6.07, 6.45) is 6.48. The zero-order chi connectivity index (χ0) is 39.3. The average molecular weight is 745 g/mol. The summed E-state index contributed by atoms with van der Waals surface area (Å²) in [7, 11) is 0. The predicted molar refractivity (Wildman–Crippen MR) is 225 cm³/mol. The van der Waals surface area contributed by atoms with Gasteiger partial charge in [-0.2, -0.15) is 10.5 Å². The molecule has 1 aliphatic heterocycles.